The molecule has 3 unspecified atom stereocenters. The molecule has 0 bridgehead atoms. The molecule has 2 rings (SSSR count). The summed E-state index contributed by atoms with van der Waals surface area (Å²) >= 11 is 0. The maximum Gasteiger partial charge on any atom is 0.151 e. The summed E-state index contributed by atoms with van der Waals surface area (Å²) in [6.45, 7) is 3.35. The van der Waals surface area contributed by atoms with Crippen molar-refractivity contribution in [1.82, 2.24) is 5.32 Å². The highest BCUT2D eigenvalue weighted by molar-refractivity contribution is 7.91. The normalized spacial score (nSPS) is 38.7. The summed E-state index contributed by atoms with van der Waals surface area (Å²) in [5, 5.41) is 3.46. The van der Waals surface area contributed by atoms with Crippen LogP contribution in [0.4, 0.5) is 0 Å². The zero-order chi connectivity index (χ0) is 11.6. The molecule has 3 atom stereocenters. The molecule has 1 aliphatic carbocycles. The quantitative estimate of drug-likeness (QED) is 0.821. The highest BCUT2D eigenvalue weighted by atomic mass is 32.2. The van der Waals surface area contributed by atoms with Crippen molar-refractivity contribution in [2.45, 2.75) is 45.1 Å². The van der Waals surface area contributed by atoms with Gasteiger partial charge in [0, 0.05) is 6.04 Å². The van der Waals surface area contributed by atoms with E-state index in [2.05, 4.69) is 12.2 Å². The summed E-state index contributed by atoms with van der Waals surface area (Å²) in [4.78, 5) is 0. The lowest BCUT2D eigenvalue weighted by Crippen LogP contribution is -2.37. The Morgan fingerprint density at radius 1 is 1.19 bits per heavy atom. The molecule has 2 fully saturated rings. The SMILES string of the molecule is CC1CCCCC1CNC1CCS(=O)(=O)C1. The molecule has 1 saturated carbocycles. The van der Waals surface area contributed by atoms with Crippen LogP contribution in [-0.4, -0.2) is 32.5 Å². The van der Waals surface area contributed by atoms with Gasteiger partial charge in [0.2, 0.25) is 0 Å². The van der Waals surface area contributed by atoms with Gasteiger partial charge in [-0.3, -0.25) is 0 Å². The zero-order valence-electron chi connectivity index (χ0n) is 10.1. The van der Waals surface area contributed by atoms with E-state index in [0.29, 0.717) is 11.5 Å². The van der Waals surface area contributed by atoms with Crippen molar-refractivity contribution >= 4 is 9.84 Å². The Kier molecular flexibility index (Phi) is 3.90. The molecule has 0 aromatic rings. The number of rotatable bonds is 3. The number of hydrogen-bond acceptors (Lipinski definition) is 3. The molecule has 16 heavy (non-hydrogen) atoms. The Hall–Kier alpha value is -0.0900. The lowest BCUT2D eigenvalue weighted by atomic mass is 9.80. The van der Waals surface area contributed by atoms with Gasteiger partial charge in [0.05, 0.1) is 11.5 Å². The van der Waals surface area contributed by atoms with Crippen molar-refractivity contribution in [2.24, 2.45) is 11.8 Å². The molecule has 0 aromatic carbocycles. The smallest absolute Gasteiger partial charge is 0.151 e. The van der Waals surface area contributed by atoms with Gasteiger partial charge in [-0.25, -0.2) is 8.42 Å². The van der Waals surface area contributed by atoms with Gasteiger partial charge in [0.1, 0.15) is 0 Å². The molecule has 0 radical (unpaired) electrons. The molecule has 0 spiro atoms. The lowest BCUT2D eigenvalue weighted by Gasteiger charge is -2.29. The molecule has 1 N–H and O–H groups in total. The van der Waals surface area contributed by atoms with Gasteiger partial charge in [0.25, 0.3) is 0 Å². The fraction of sp³-hybridized carbons (Fsp3) is 1.00. The zero-order valence-corrected chi connectivity index (χ0v) is 10.9. The highest BCUT2D eigenvalue weighted by Gasteiger charge is 2.29. The van der Waals surface area contributed by atoms with E-state index in [1.54, 1.807) is 0 Å². The van der Waals surface area contributed by atoms with Gasteiger partial charge in [0.15, 0.2) is 9.84 Å². The molecule has 1 aliphatic heterocycles. The van der Waals surface area contributed by atoms with Gasteiger partial charge < -0.3 is 5.32 Å². The minimum absolute atomic E-state index is 0.221. The van der Waals surface area contributed by atoms with Gasteiger partial charge in [-0.2, -0.15) is 0 Å². The highest BCUT2D eigenvalue weighted by Crippen LogP contribution is 2.29. The third-order valence-electron chi connectivity index (χ3n) is 4.19. The van der Waals surface area contributed by atoms with E-state index in [4.69, 9.17) is 0 Å². The minimum Gasteiger partial charge on any atom is -0.313 e. The largest absolute Gasteiger partial charge is 0.313 e. The molecule has 2 aliphatic rings. The van der Waals surface area contributed by atoms with E-state index >= 15 is 0 Å². The summed E-state index contributed by atoms with van der Waals surface area (Å²) in [5.41, 5.74) is 0. The Morgan fingerprint density at radius 2 is 1.94 bits per heavy atom. The first-order valence-electron chi connectivity index (χ1n) is 6.50. The number of sulfone groups is 1. The Bertz CT molecular complexity index is 326. The fourth-order valence-electron chi connectivity index (χ4n) is 2.97. The van der Waals surface area contributed by atoms with Crippen LogP contribution in [0.15, 0.2) is 0 Å². The summed E-state index contributed by atoms with van der Waals surface area (Å²) < 4.78 is 22.6. The minimum atomic E-state index is -2.72. The summed E-state index contributed by atoms with van der Waals surface area (Å²) in [6.07, 6.45) is 6.18. The van der Waals surface area contributed by atoms with Crippen molar-refractivity contribution in [3.63, 3.8) is 0 Å². The Morgan fingerprint density at radius 3 is 2.56 bits per heavy atom. The predicted octanol–water partition coefficient (Wildman–Crippen LogP) is 1.59. The van der Waals surface area contributed by atoms with Crippen molar-refractivity contribution in [2.75, 3.05) is 18.1 Å². The first kappa shape index (κ1) is 12.4. The van der Waals surface area contributed by atoms with Gasteiger partial charge >= 0.3 is 0 Å². The maximum absolute atomic E-state index is 11.3. The molecule has 94 valence electrons. The average molecular weight is 245 g/mol. The standard InChI is InChI=1S/C12H23NO2S/c1-10-4-2-3-5-11(10)8-13-12-6-7-16(14,15)9-12/h10-13H,2-9H2,1H3. The van der Waals surface area contributed by atoms with E-state index in [0.717, 1.165) is 24.8 Å². The molecule has 1 heterocycles. The monoisotopic (exact) mass is 245 g/mol. The van der Waals surface area contributed by atoms with Crippen LogP contribution in [0.2, 0.25) is 0 Å². The Labute approximate surface area is 98.9 Å². The second kappa shape index (κ2) is 5.05. The van der Waals surface area contributed by atoms with Crippen LogP contribution in [0.3, 0.4) is 0 Å². The molecule has 0 amide bonds. The summed E-state index contributed by atoms with van der Waals surface area (Å²) in [6, 6.07) is 0.221. The van der Waals surface area contributed by atoms with Crippen molar-refractivity contribution in [3.05, 3.63) is 0 Å². The van der Waals surface area contributed by atoms with E-state index in [1.165, 1.54) is 25.7 Å². The first-order valence-corrected chi connectivity index (χ1v) is 8.33. The van der Waals surface area contributed by atoms with Crippen LogP contribution in [0.1, 0.15) is 39.0 Å². The predicted molar refractivity (Wildman–Crippen MR) is 66.2 cm³/mol. The van der Waals surface area contributed by atoms with E-state index in [9.17, 15) is 8.42 Å². The fourth-order valence-corrected chi connectivity index (χ4v) is 4.68. The van der Waals surface area contributed by atoms with Crippen LogP contribution in [-0.2, 0) is 9.84 Å². The van der Waals surface area contributed by atoms with Gasteiger partial charge in [-0.1, -0.05) is 26.2 Å². The van der Waals surface area contributed by atoms with Gasteiger partial charge in [-0.05, 0) is 31.2 Å². The van der Waals surface area contributed by atoms with Crippen LogP contribution in [0.5, 0.6) is 0 Å². The summed E-state index contributed by atoms with van der Waals surface area (Å²) in [5.74, 6) is 2.30. The van der Waals surface area contributed by atoms with Crippen LogP contribution >= 0.6 is 0 Å². The van der Waals surface area contributed by atoms with Crippen molar-refractivity contribution in [1.29, 1.82) is 0 Å². The maximum atomic E-state index is 11.3. The second-order valence-electron chi connectivity index (χ2n) is 5.53. The average Bonchev–Trinajstić information content (AvgIpc) is 2.57. The first-order chi connectivity index (χ1) is 7.57. The number of nitrogens with one attached hydrogen (secondary N) is 1. The second-order valence-corrected chi connectivity index (χ2v) is 7.76. The molecule has 0 aromatic heterocycles. The molecule has 4 heteroatoms. The van der Waals surface area contributed by atoms with Gasteiger partial charge in [-0.15, -0.1) is 0 Å². The third-order valence-corrected chi connectivity index (χ3v) is 5.96. The van der Waals surface area contributed by atoms with Crippen molar-refractivity contribution in [3.8, 4) is 0 Å². The van der Waals surface area contributed by atoms with E-state index in [-0.39, 0.29) is 6.04 Å². The summed E-state index contributed by atoms with van der Waals surface area (Å²) in [7, 11) is -2.72. The Balaban J connectivity index is 1.75. The molecule has 1 saturated heterocycles. The van der Waals surface area contributed by atoms with E-state index in [1.807, 2.05) is 0 Å². The van der Waals surface area contributed by atoms with E-state index < -0.39 is 9.84 Å². The lowest BCUT2D eigenvalue weighted by molar-refractivity contribution is 0.242. The molecular weight excluding hydrogens is 222 g/mol. The van der Waals surface area contributed by atoms with Crippen LogP contribution in [0, 0.1) is 11.8 Å². The molecule has 3 nitrogen and oxygen atoms in total. The van der Waals surface area contributed by atoms with Crippen LogP contribution in [0.25, 0.3) is 0 Å². The number of hydrogen-bond donors (Lipinski definition) is 1. The third kappa shape index (κ3) is 3.20. The van der Waals surface area contributed by atoms with Crippen molar-refractivity contribution < 1.29 is 8.42 Å². The van der Waals surface area contributed by atoms with Crippen LogP contribution < -0.4 is 5.32 Å². The molecular formula is C12H23NO2S. The topological polar surface area (TPSA) is 46.2 Å².